The third-order valence-corrected chi connectivity index (χ3v) is 3.58. The lowest BCUT2D eigenvalue weighted by Gasteiger charge is -2.10. The average Bonchev–Trinajstić information content (AvgIpc) is 2.39. The first kappa shape index (κ1) is 15.6. The molecule has 1 atom stereocenters. The van der Waals surface area contributed by atoms with Crippen molar-refractivity contribution in [1.29, 1.82) is 0 Å². The van der Waals surface area contributed by atoms with E-state index in [1.807, 2.05) is 19.2 Å². The van der Waals surface area contributed by atoms with Gasteiger partial charge in [0, 0.05) is 18.2 Å². The standard InChI is InChI=1S/C14H19NO3S/c1-10(9-19-2)13(16)15-7-6-11-4-3-5-12(8-11)14(17)18/h3-5,8,10H,6-7,9H2,1-2H3,(H,15,16)(H,17,18). The van der Waals surface area contributed by atoms with Crippen molar-refractivity contribution in [3.8, 4) is 0 Å². The van der Waals surface area contributed by atoms with E-state index in [1.54, 1.807) is 30.0 Å². The second kappa shape index (κ2) is 7.84. The molecule has 19 heavy (non-hydrogen) atoms. The van der Waals surface area contributed by atoms with Crippen molar-refractivity contribution in [2.45, 2.75) is 13.3 Å². The summed E-state index contributed by atoms with van der Waals surface area (Å²) in [5, 5.41) is 11.7. The van der Waals surface area contributed by atoms with Crippen molar-refractivity contribution in [3.63, 3.8) is 0 Å². The monoisotopic (exact) mass is 281 g/mol. The summed E-state index contributed by atoms with van der Waals surface area (Å²) in [7, 11) is 0. The Morgan fingerprint density at radius 3 is 2.79 bits per heavy atom. The zero-order chi connectivity index (χ0) is 14.3. The molecule has 0 aromatic heterocycles. The van der Waals surface area contributed by atoms with E-state index in [0.29, 0.717) is 13.0 Å². The Morgan fingerprint density at radius 1 is 1.42 bits per heavy atom. The lowest BCUT2D eigenvalue weighted by molar-refractivity contribution is -0.123. The molecule has 104 valence electrons. The van der Waals surface area contributed by atoms with Gasteiger partial charge in [-0.3, -0.25) is 4.79 Å². The van der Waals surface area contributed by atoms with Gasteiger partial charge in [0.25, 0.3) is 0 Å². The molecule has 0 spiro atoms. The van der Waals surface area contributed by atoms with Gasteiger partial charge in [0.1, 0.15) is 0 Å². The summed E-state index contributed by atoms with van der Waals surface area (Å²) >= 11 is 1.65. The van der Waals surface area contributed by atoms with E-state index in [0.717, 1.165) is 11.3 Å². The van der Waals surface area contributed by atoms with Crippen molar-refractivity contribution in [2.75, 3.05) is 18.6 Å². The van der Waals surface area contributed by atoms with E-state index in [2.05, 4.69) is 5.32 Å². The number of hydrogen-bond acceptors (Lipinski definition) is 3. The van der Waals surface area contributed by atoms with Crippen LogP contribution in [0.25, 0.3) is 0 Å². The molecule has 1 aromatic rings. The van der Waals surface area contributed by atoms with Crippen LogP contribution in [0.4, 0.5) is 0 Å². The molecular weight excluding hydrogens is 262 g/mol. The Hall–Kier alpha value is -1.49. The summed E-state index contributed by atoms with van der Waals surface area (Å²) in [6, 6.07) is 6.78. The summed E-state index contributed by atoms with van der Waals surface area (Å²) in [5.41, 5.74) is 1.19. The average molecular weight is 281 g/mol. The van der Waals surface area contributed by atoms with Crippen molar-refractivity contribution < 1.29 is 14.7 Å². The van der Waals surface area contributed by atoms with E-state index < -0.39 is 5.97 Å². The van der Waals surface area contributed by atoms with E-state index in [1.165, 1.54) is 0 Å². The molecular formula is C14H19NO3S. The molecule has 1 unspecified atom stereocenters. The quantitative estimate of drug-likeness (QED) is 0.802. The summed E-state index contributed by atoms with van der Waals surface area (Å²) in [5.74, 6) is -0.0797. The number of carbonyl (C=O) groups excluding carboxylic acids is 1. The number of amides is 1. The highest BCUT2D eigenvalue weighted by Crippen LogP contribution is 2.07. The number of carbonyl (C=O) groups is 2. The van der Waals surface area contributed by atoms with Gasteiger partial charge in [-0.15, -0.1) is 0 Å². The molecule has 2 N–H and O–H groups in total. The molecule has 0 aliphatic carbocycles. The molecule has 0 saturated carbocycles. The van der Waals surface area contributed by atoms with Crippen LogP contribution >= 0.6 is 11.8 Å². The van der Waals surface area contributed by atoms with Gasteiger partial charge in [0.2, 0.25) is 5.91 Å². The van der Waals surface area contributed by atoms with Crippen LogP contribution in [0.2, 0.25) is 0 Å². The molecule has 1 rings (SSSR count). The van der Waals surface area contributed by atoms with Crippen LogP contribution < -0.4 is 5.32 Å². The van der Waals surface area contributed by atoms with Crippen molar-refractivity contribution in [2.24, 2.45) is 5.92 Å². The Kier molecular flexibility index (Phi) is 6.42. The largest absolute Gasteiger partial charge is 0.478 e. The van der Waals surface area contributed by atoms with E-state index in [-0.39, 0.29) is 17.4 Å². The second-order valence-corrected chi connectivity index (χ2v) is 5.31. The fourth-order valence-electron chi connectivity index (χ4n) is 1.69. The summed E-state index contributed by atoms with van der Waals surface area (Å²) in [6.07, 6.45) is 2.61. The third kappa shape index (κ3) is 5.34. The maximum atomic E-state index is 11.7. The normalized spacial score (nSPS) is 11.9. The van der Waals surface area contributed by atoms with E-state index >= 15 is 0 Å². The zero-order valence-corrected chi connectivity index (χ0v) is 12.0. The minimum absolute atomic E-state index is 0.000328. The Balaban J connectivity index is 2.43. The molecule has 0 radical (unpaired) electrons. The van der Waals surface area contributed by atoms with Crippen LogP contribution in [0, 0.1) is 5.92 Å². The first-order valence-electron chi connectivity index (χ1n) is 6.13. The predicted octanol–water partition coefficient (Wildman–Crippen LogP) is 2.04. The van der Waals surface area contributed by atoms with Gasteiger partial charge in [-0.05, 0) is 30.4 Å². The minimum Gasteiger partial charge on any atom is -0.478 e. The molecule has 1 amide bonds. The maximum absolute atomic E-state index is 11.7. The van der Waals surface area contributed by atoms with Gasteiger partial charge in [-0.1, -0.05) is 19.1 Å². The molecule has 4 nitrogen and oxygen atoms in total. The molecule has 0 bridgehead atoms. The fraction of sp³-hybridized carbons (Fsp3) is 0.429. The Bertz CT molecular complexity index is 448. The number of aromatic carboxylic acids is 1. The summed E-state index contributed by atoms with van der Waals surface area (Å²) < 4.78 is 0. The van der Waals surface area contributed by atoms with Crippen LogP contribution in [0.5, 0.6) is 0 Å². The predicted molar refractivity (Wildman–Crippen MR) is 77.7 cm³/mol. The molecule has 1 aromatic carbocycles. The van der Waals surface area contributed by atoms with Gasteiger partial charge >= 0.3 is 5.97 Å². The van der Waals surface area contributed by atoms with Gasteiger partial charge < -0.3 is 10.4 Å². The topological polar surface area (TPSA) is 66.4 Å². The lowest BCUT2D eigenvalue weighted by atomic mass is 10.1. The fourth-order valence-corrected chi connectivity index (χ4v) is 2.34. The summed E-state index contributed by atoms with van der Waals surface area (Å²) in [4.78, 5) is 22.5. The molecule has 0 heterocycles. The maximum Gasteiger partial charge on any atom is 0.335 e. The Morgan fingerprint density at radius 2 is 2.16 bits per heavy atom. The molecule has 0 aliphatic rings. The number of carboxylic acids is 1. The minimum atomic E-state index is -0.931. The summed E-state index contributed by atoms with van der Waals surface area (Å²) in [6.45, 7) is 2.43. The van der Waals surface area contributed by atoms with Crippen LogP contribution in [0.1, 0.15) is 22.8 Å². The Labute approximate surface area is 117 Å². The van der Waals surface area contributed by atoms with Gasteiger partial charge in [0.05, 0.1) is 5.56 Å². The van der Waals surface area contributed by atoms with Gasteiger partial charge in [0.15, 0.2) is 0 Å². The molecule has 0 aliphatic heterocycles. The van der Waals surface area contributed by atoms with Crippen molar-refractivity contribution >= 4 is 23.6 Å². The first-order valence-corrected chi connectivity index (χ1v) is 7.53. The highest BCUT2D eigenvalue weighted by atomic mass is 32.2. The molecule has 0 saturated heterocycles. The van der Waals surface area contributed by atoms with Crippen molar-refractivity contribution in [3.05, 3.63) is 35.4 Å². The lowest BCUT2D eigenvalue weighted by Crippen LogP contribution is -2.31. The van der Waals surface area contributed by atoms with Gasteiger partial charge in [-0.25, -0.2) is 4.79 Å². The second-order valence-electron chi connectivity index (χ2n) is 4.40. The number of carboxylic acid groups (broad SMARTS) is 1. The highest BCUT2D eigenvalue weighted by Gasteiger charge is 2.11. The molecule has 0 fully saturated rings. The van der Waals surface area contributed by atoms with E-state index in [9.17, 15) is 9.59 Å². The highest BCUT2D eigenvalue weighted by molar-refractivity contribution is 7.98. The number of thioether (sulfide) groups is 1. The number of hydrogen-bond donors (Lipinski definition) is 2. The number of benzene rings is 1. The smallest absolute Gasteiger partial charge is 0.335 e. The van der Waals surface area contributed by atoms with Crippen LogP contribution in [0.15, 0.2) is 24.3 Å². The van der Waals surface area contributed by atoms with Crippen molar-refractivity contribution in [1.82, 2.24) is 5.32 Å². The SMILES string of the molecule is CSCC(C)C(=O)NCCc1cccc(C(=O)O)c1. The molecule has 5 heteroatoms. The van der Waals surface area contributed by atoms with Crippen LogP contribution in [0.3, 0.4) is 0 Å². The third-order valence-electron chi connectivity index (χ3n) is 2.75. The number of rotatable bonds is 7. The van der Waals surface area contributed by atoms with E-state index in [4.69, 9.17) is 5.11 Å². The number of nitrogens with one attached hydrogen (secondary N) is 1. The van der Waals surface area contributed by atoms with Crippen LogP contribution in [-0.2, 0) is 11.2 Å². The first-order chi connectivity index (χ1) is 9.04. The zero-order valence-electron chi connectivity index (χ0n) is 11.2. The van der Waals surface area contributed by atoms with Crippen LogP contribution in [-0.4, -0.2) is 35.5 Å². The van der Waals surface area contributed by atoms with Gasteiger partial charge in [-0.2, -0.15) is 11.8 Å².